The molecule has 120 valence electrons. The second kappa shape index (κ2) is 6.33. The smallest absolute Gasteiger partial charge is 0.407 e. The summed E-state index contributed by atoms with van der Waals surface area (Å²) >= 11 is 5.97. The number of piperidine rings is 1. The van der Waals surface area contributed by atoms with E-state index in [0.29, 0.717) is 16.9 Å². The fraction of sp³-hybridized carbons (Fsp3) is 0.357. The molecule has 8 nitrogen and oxygen atoms in total. The van der Waals surface area contributed by atoms with Crippen molar-refractivity contribution in [2.75, 3.05) is 25.0 Å². The molecule has 1 fully saturated rings. The number of amides is 1. The summed E-state index contributed by atoms with van der Waals surface area (Å²) in [6, 6.07) is 1.60. The number of hydrogen-bond donors (Lipinski definition) is 2. The number of halogens is 1. The Labute approximate surface area is 136 Å². The van der Waals surface area contributed by atoms with Gasteiger partial charge in [0.25, 0.3) is 0 Å². The van der Waals surface area contributed by atoms with Crippen LogP contribution in [0, 0.1) is 5.92 Å². The van der Waals surface area contributed by atoms with E-state index in [-0.39, 0.29) is 37.0 Å². The number of hydrogen-bond acceptors (Lipinski definition) is 6. The minimum absolute atomic E-state index is 0.0346. The Kier molecular flexibility index (Phi) is 4.24. The van der Waals surface area contributed by atoms with Gasteiger partial charge in [-0.15, -0.1) is 0 Å². The fourth-order valence-corrected chi connectivity index (χ4v) is 2.73. The lowest BCUT2D eigenvalue weighted by atomic mass is 9.96. The molecule has 1 aliphatic heterocycles. The second-order valence-electron chi connectivity index (χ2n) is 5.24. The lowest BCUT2D eigenvalue weighted by molar-refractivity contribution is -0.125. The number of likely N-dealkylation sites (tertiary alicyclic amines) is 1. The van der Waals surface area contributed by atoms with E-state index in [1.807, 2.05) is 0 Å². The van der Waals surface area contributed by atoms with E-state index in [1.165, 1.54) is 4.90 Å². The van der Waals surface area contributed by atoms with Crippen molar-refractivity contribution in [2.24, 2.45) is 5.92 Å². The molecule has 0 spiro atoms. The van der Waals surface area contributed by atoms with Gasteiger partial charge < -0.3 is 15.3 Å². The Balaban J connectivity index is 1.77. The van der Waals surface area contributed by atoms with E-state index in [4.69, 9.17) is 16.7 Å². The van der Waals surface area contributed by atoms with Crippen molar-refractivity contribution in [2.45, 2.75) is 6.42 Å². The molecule has 0 saturated carbocycles. The number of pyridine rings is 1. The van der Waals surface area contributed by atoms with Crippen LogP contribution >= 0.6 is 11.6 Å². The Morgan fingerprint density at radius 1 is 1.43 bits per heavy atom. The van der Waals surface area contributed by atoms with Crippen molar-refractivity contribution >= 4 is 40.3 Å². The fourth-order valence-electron chi connectivity index (χ4n) is 2.55. The lowest BCUT2D eigenvalue weighted by Gasteiger charge is -2.29. The molecule has 1 unspecified atom stereocenters. The van der Waals surface area contributed by atoms with Crippen molar-refractivity contribution < 1.29 is 14.7 Å². The molecule has 0 radical (unpaired) electrons. The number of carbonyl (C=O) groups excluding carboxylic acids is 1. The van der Waals surface area contributed by atoms with E-state index in [9.17, 15) is 9.59 Å². The van der Waals surface area contributed by atoms with Gasteiger partial charge in [-0.2, -0.15) is 0 Å². The number of carbonyl (C=O) groups is 2. The molecule has 0 bridgehead atoms. The van der Waals surface area contributed by atoms with E-state index >= 15 is 0 Å². The minimum atomic E-state index is -1.01. The van der Waals surface area contributed by atoms with Crippen molar-refractivity contribution in [3.05, 3.63) is 23.6 Å². The molecule has 2 N–H and O–H groups in total. The van der Waals surface area contributed by atoms with E-state index in [1.54, 1.807) is 18.5 Å². The first-order valence-electron chi connectivity index (χ1n) is 7.06. The maximum absolute atomic E-state index is 12.0. The maximum Gasteiger partial charge on any atom is 0.407 e. The first-order valence-corrected chi connectivity index (χ1v) is 7.44. The molecule has 2 aromatic heterocycles. The van der Waals surface area contributed by atoms with Crippen molar-refractivity contribution in [1.29, 1.82) is 0 Å². The topological polar surface area (TPSA) is 108 Å². The highest BCUT2D eigenvalue weighted by atomic mass is 35.5. The molecule has 2 aromatic rings. The zero-order chi connectivity index (χ0) is 16.4. The quantitative estimate of drug-likeness (QED) is 0.821. The summed E-state index contributed by atoms with van der Waals surface area (Å²) in [5, 5.41) is 12.4. The molecule has 9 heteroatoms. The number of anilines is 1. The van der Waals surface area contributed by atoms with Gasteiger partial charge in [-0.3, -0.25) is 9.78 Å². The first-order chi connectivity index (χ1) is 11.0. The number of carboxylic acid groups (broad SMARTS) is 1. The molecule has 1 aliphatic rings. The molecule has 3 rings (SSSR count). The molecule has 1 saturated heterocycles. The van der Waals surface area contributed by atoms with Crippen molar-refractivity contribution in [3.8, 4) is 0 Å². The maximum atomic E-state index is 12.0. The van der Waals surface area contributed by atoms with Gasteiger partial charge in [0.05, 0.1) is 11.4 Å². The van der Waals surface area contributed by atoms with Gasteiger partial charge >= 0.3 is 6.09 Å². The highest BCUT2D eigenvalue weighted by molar-refractivity contribution is 6.30. The summed E-state index contributed by atoms with van der Waals surface area (Å²) in [5.41, 5.74) is 1.15. The SMILES string of the molecule is O=C1CCN(C(=O)O)CC1CNc1nc(Cl)cc2nccnc12. The van der Waals surface area contributed by atoms with Crippen LogP contribution < -0.4 is 5.32 Å². The van der Waals surface area contributed by atoms with Crippen LogP contribution in [0.25, 0.3) is 11.0 Å². The van der Waals surface area contributed by atoms with Gasteiger partial charge in [0, 0.05) is 44.5 Å². The van der Waals surface area contributed by atoms with Gasteiger partial charge in [0.1, 0.15) is 16.5 Å². The zero-order valence-corrected chi connectivity index (χ0v) is 12.8. The van der Waals surface area contributed by atoms with Crippen LogP contribution in [-0.2, 0) is 4.79 Å². The number of fused-ring (bicyclic) bond motifs is 1. The monoisotopic (exact) mass is 335 g/mol. The zero-order valence-electron chi connectivity index (χ0n) is 12.1. The molecule has 1 amide bonds. The van der Waals surface area contributed by atoms with Crippen LogP contribution in [0.15, 0.2) is 18.5 Å². The molecule has 3 heterocycles. The Hall–Kier alpha value is -2.48. The molecular formula is C14H14ClN5O3. The van der Waals surface area contributed by atoms with Gasteiger partial charge in [-0.1, -0.05) is 11.6 Å². The van der Waals surface area contributed by atoms with Crippen LogP contribution in [0.2, 0.25) is 5.15 Å². The number of nitrogens with zero attached hydrogens (tertiary/aromatic N) is 4. The van der Waals surface area contributed by atoms with E-state index in [0.717, 1.165) is 0 Å². The number of aromatic nitrogens is 3. The summed E-state index contributed by atoms with van der Waals surface area (Å²) in [4.78, 5) is 36.8. The Bertz CT molecular complexity index is 769. The van der Waals surface area contributed by atoms with E-state index < -0.39 is 12.0 Å². The molecular weight excluding hydrogens is 322 g/mol. The van der Waals surface area contributed by atoms with Crippen LogP contribution in [0.5, 0.6) is 0 Å². The van der Waals surface area contributed by atoms with Crippen LogP contribution in [0.1, 0.15) is 6.42 Å². The molecule has 1 atom stereocenters. The highest BCUT2D eigenvalue weighted by Gasteiger charge is 2.29. The average molecular weight is 336 g/mol. The predicted octanol–water partition coefficient (Wildman–Crippen LogP) is 1.66. The summed E-state index contributed by atoms with van der Waals surface area (Å²) in [6.45, 7) is 0.682. The largest absolute Gasteiger partial charge is 0.465 e. The number of rotatable bonds is 3. The van der Waals surface area contributed by atoms with Crippen LogP contribution in [0.4, 0.5) is 10.6 Å². The molecule has 23 heavy (non-hydrogen) atoms. The standard InChI is InChI=1S/C14H14ClN5O3/c15-11-5-9-12(17-3-2-16-9)13(19-11)18-6-8-7-20(14(22)23)4-1-10(8)21/h2-3,5,8H,1,4,6-7H2,(H,18,19)(H,22,23). The van der Waals surface area contributed by atoms with Gasteiger partial charge in [0.2, 0.25) is 0 Å². The van der Waals surface area contributed by atoms with Gasteiger partial charge in [-0.25, -0.2) is 14.8 Å². The predicted molar refractivity (Wildman–Crippen MR) is 83.5 cm³/mol. The van der Waals surface area contributed by atoms with Gasteiger partial charge in [0.15, 0.2) is 5.82 Å². The third-order valence-electron chi connectivity index (χ3n) is 3.74. The van der Waals surface area contributed by atoms with Crippen molar-refractivity contribution in [3.63, 3.8) is 0 Å². The van der Waals surface area contributed by atoms with E-state index in [2.05, 4.69) is 20.3 Å². The van der Waals surface area contributed by atoms with Crippen molar-refractivity contribution in [1.82, 2.24) is 19.9 Å². The first kappa shape index (κ1) is 15.4. The average Bonchev–Trinajstić information content (AvgIpc) is 2.53. The number of nitrogens with one attached hydrogen (secondary N) is 1. The minimum Gasteiger partial charge on any atom is -0.465 e. The normalized spacial score (nSPS) is 18.2. The summed E-state index contributed by atoms with van der Waals surface area (Å²) in [5.74, 6) is 0.0422. The summed E-state index contributed by atoms with van der Waals surface area (Å²) < 4.78 is 0. The number of Topliss-reactive ketones (excluding diaryl/α,β-unsaturated/α-hetero) is 1. The van der Waals surface area contributed by atoms with Crippen LogP contribution in [-0.4, -0.2) is 56.5 Å². The third-order valence-corrected chi connectivity index (χ3v) is 3.93. The van der Waals surface area contributed by atoms with Gasteiger partial charge in [-0.05, 0) is 0 Å². The Morgan fingerprint density at radius 2 is 2.22 bits per heavy atom. The summed E-state index contributed by atoms with van der Waals surface area (Å²) in [6.07, 6.45) is 2.31. The third kappa shape index (κ3) is 3.31. The second-order valence-corrected chi connectivity index (χ2v) is 5.63. The molecule has 0 aliphatic carbocycles. The number of ketones is 1. The van der Waals surface area contributed by atoms with Crippen LogP contribution in [0.3, 0.4) is 0 Å². The highest BCUT2D eigenvalue weighted by Crippen LogP contribution is 2.22. The molecule has 0 aromatic carbocycles. The summed E-state index contributed by atoms with van der Waals surface area (Å²) in [7, 11) is 0. The Morgan fingerprint density at radius 3 is 3.00 bits per heavy atom. The lowest BCUT2D eigenvalue weighted by Crippen LogP contribution is -2.45.